The van der Waals surface area contributed by atoms with Gasteiger partial charge in [-0.2, -0.15) is 0 Å². The molecule has 1 amide bonds. The molecule has 0 saturated carbocycles. The molecule has 0 aliphatic carbocycles. The van der Waals surface area contributed by atoms with E-state index in [-0.39, 0.29) is 5.91 Å². The Morgan fingerprint density at radius 1 is 1.33 bits per heavy atom. The van der Waals surface area contributed by atoms with E-state index in [2.05, 4.69) is 15.3 Å². The van der Waals surface area contributed by atoms with Gasteiger partial charge in [0.15, 0.2) is 5.65 Å². The Morgan fingerprint density at radius 2 is 2.12 bits per heavy atom. The largest absolute Gasteiger partial charge is 0.355 e. The maximum Gasteiger partial charge on any atom is 0.221 e. The van der Waals surface area contributed by atoms with Gasteiger partial charge in [0.05, 0.1) is 0 Å². The number of pyridine rings is 2. The van der Waals surface area contributed by atoms with Gasteiger partial charge in [-0.05, 0) is 30.7 Å². The highest BCUT2D eigenvalue weighted by Crippen LogP contribution is 2.24. The molecule has 0 aliphatic rings. The smallest absolute Gasteiger partial charge is 0.221 e. The van der Waals surface area contributed by atoms with Crippen molar-refractivity contribution < 1.29 is 4.79 Å². The number of aryl methyl sites for hydroxylation is 2. The molecule has 0 spiro atoms. The number of aromatic nitrogens is 4. The predicted molar refractivity (Wildman–Crippen MR) is 92.2 cm³/mol. The molecule has 0 saturated heterocycles. The monoisotopic (exact) mass is 324 g/mol. The number of hydrogen-bond acceptors (Lipinski definition) is 5. The summed E-state index contributed by atoms with van der Waals surface area (Å²) in [6.07, 6.45) is 5.61. The molecule has 0 atom stereocenters. The van der Waals surface area contributed by atoms with Crippen LogP contribution in [0.2, 0.25) is 0 Å². The Labute approximate surface area is 139 Å². The molecular weight excluding hydrogens is 304 g/mol. The third kappa shape index (κ3) is 3.41. The van der Waals surface area contributed by atoms with Gasteiger partial charge >= 0.3 is 0 Å². The summed E-state index contributed by atoms with van der Waals surface area (Å²) in [5.74, 6) is 0.757. The molecule has 124 valence electrons. The molecule has 3 N–H and O–H groups in total. The molecular formula is C17H20N6O. The van der Waals surface area contributed by atoms with Crippen LogP contribution in [-0.2, 0) is 11.3 Å². The molecule has 7 nitrogen and oxygen atoms in total. The van der Waals surface area contributed by atoms with Crippen molar-refractivity contribution in [3.05, 3.63) is 42.4 Å². The summed E-state index contributed by atoms with van der Waals surface area (Å²) in [6.45, 7) is 3.40. The molecule has 0 aliphatic heterocycles. The predicted octanol–water partition coefficient (Wildman–Crippen LogP) is 1.27. The lowest BCUT2D eigenvalue weighted by molar-refractivity contribution is -0.121. The Hall–Kier alpha value is -2.80. The SMILES string of the molecule is Cc1cnc2c(c1)nc(-c1ccncc1)n2CCC(=O)NCCN. The van der Waals surface area contributed by atoms with Crippen LogP contribution in [0.5, 0.6) is 0 Å². The summed E-state index contributed by atoms with van der Waals surface area (Å²) in [5, 5.41) is 2.78. The van der Waals surface area contributed by atoms with E-state index < -0.39 is 0 Å². The van der Waals surface area contributed by atoms with Gasteiger partial charge in [0.2, 0.25) is 5.91 Å². The first-order valence-electron chi connectivity index (χ1n) is 7.89. The fraction of sp³-hybridized carbons (Fsp3) is 0.294. The van der Waals surface area contributed by atoms with Gasteiger partial charge in [0, 0.05) is 50.2 Å². The lowest BCUT2D eigenvalue weighted by Crippen LogP contribution is -2.29. The van der Waals surface area contributed by atoms with E-state index in [1.165, 1.54) is 0 Å². The summed E-state index contributed by atoms with van der Waals surface area (Å²) in [4.78, 5) is 25.2. The molecule has 7 heteroatoms. The normalized spacial score (nSPS) is 10.9. The fourth-order valence-electron chi connectivity index (χ4n) is 2.56. The number of nitrogens with zero attached hydrogens (tertiary/aromatic N) is 4. The molecule has 3 heterocycles. The van der Waals surface area contributed by atoms with Gasteiger partial charge in [0.1, 0.15) is 11.3 Å². The Kier molecular flexibility index (Phi) is 4.81. The number of carbonyl (C=O) groups excluding carboxylic acids is 1. The van der Waals surface area contributed by atoms with Crippen LogP contribution in [-0.4, -0.2) is 38.5 Å². The summed E-state index contributed by atoms with van der Waals surface area (Å²) in [7, 11) is 0. The van der Waals surface area contributed by atoms with Crippen molar-refractivity contribution in [3.63, 3.8) is 0 Å². The molecule has 0 aromatic carbocycles. The summed E-state index contributed by atoms with van der Waals surface area (Å²) >= 11 is 0. The second-order valence-corrected chi connectivity index (χ2v) is 5.57. The first-order valence-corrected chi connectivity index (χ1v) is 7.89. The van der Waals surface area contributed by atoms with E-state index in [1.807, 2.05) is 35.9 Å². The van der Waals surface area contributed by atoms with Crippen LogP contribution < -0.4 is 11.1 Å². The van der Waals surface area contributed by atoms with E-state index in [0.29, 0.717) is 26.1 Å². The van der Waals surface area contributed by atoms with Crippen molar-refractivity contribution in [1.29, 1.82) is 0 Å². The van der Waals surface area contributed by atoms with Crippen LogP contribution in [0.1, 0.15) is 12.0 Å². The maximum atomic E-state index is 11.9. The molecule has 0 radical (unpaired) electrons. The minimum absolute atomic E-state index is 0.0323. The van der Waals surface area contributed by atoms with Crippen LogP contribution in [0.4, 0.5) is 0 Å². The van der Waals surface area contributed by atoms with Crippen LogP contribution >= 0.6 is 0 Å². The van der Waals surface area contributed by atoms with Gasteiger partial charge in [-0.1, -0.05) is 0 Å². The lowest BCUT2D eigenvalue weighted by Gasteiger charge is -2.09. The first-order chi connectivity index (χ1) is 11.7. The number of carbonyl (C=O) groups is 1. The zero-order valence-corrected chi connectivity index (χ0v) is 13.6. The number of fused-ring (bicyclic) bond motifs is 1. The van der Waals surface area contributed by atoms with Crippen LogP contribution in [0.25, 0.3) is 22.6 Å². The van der Waals surface area contributed by atoms with Crippen molar-refractivity contribution in [2.75, 3.05) is 13.1 Å². The van der Waals surface area contributed by atoms with Crippen LogP contribution in [0, 0.1) is 6.92 Å². The standard InChI is InChI=1S/C17H20N6O/c1-12-10-14-17(21-11-12)23(9-4-15(24)20-8-5-18)16(22-14)13-2-6-19-7-3-13/h2-3,6-7,10-11H,4-5,8-9,18H2,1H3,(H,20,24). The molecule has 24 heavy (non-hydrogen) atoms. The summed E-state index contributed by atoms with van der Waals surface area (Å²) in [5.41, 5.74) is 9.01. The zero-order valence-electron chi connectivity index (χ0n) is 13.6. The molecule has 3 aromatic heterocycles. The minimum atomic E-state index is -0.0323. The molecule has 0 unspecified atom stereocenters. The number of imidazole rings is 1. The van der Waals surface area contributed by atoms with E-state index >= 15 is 0 Å². The van der Waals surface area contributed by atoms with E-state index in [9.17, 15) is 4.79 Å². The molecule has 3 rings (SSSR count). The zero-order chi connectivity index (χ0) is 16.9. The van der Waals surface area contributed by atoms with E-state index in [4.69, 9.17) is 10.7 Å². The fourth-order valence-corrected chi connectivity index (χ4v) is 2.56. The third-order valence-corrected chi connectivity index (χ3v) is 3.69. The van der Waals surface area contributed by atoms with Crippen molar-refractivity contribution in [2.45, 2.75) is 19.9 Å². The number of hydrogen-bond donors (Lipinski definition) is 2. The minimum Gasteiger partial charge on any atom is -0.355 e. The first kappa shape index (κ1) is 16.1. The topological polar surface area (TPSA) is 98.7 Å². The average Bonchev–Trinajstić information content (AvgIpc) is 2.96. The van der Waals surface area contributed by atoms with Gasteiger partial charge in [0.25, 0.3) is 0 Å². The maximum absolute atomic E-state index is 11.9. The van der Waals surface area contributed by atoms with Crippen LogP contribution in [0.15, 0.2) is 36.8 Å². The highest BCUT2D eigenvalue weighted by Gasteiger charge is 2.14. The number of amides is 1. The van der Waals surface area contributed by atoms with E-state index in [0.717, 1.165) is 28.1 Å². The highest BCUT2D eigenvalue weighted by molar-refractivity contribution is 5.79. The second-order valence-electron chi connectivity index (χ2n) is 5.57. The molecule has 0 bridgehead atoms. The van der Waals surface area contributed by atoms with Gasteiger partial charge < -0.3 is 15.6 Å². The Bertz CT molecular complexity index is 843. The van der Waals surface area contributed by atoms with Gasteiger partial charge in [-0.15, -0.1) is 0 Å². The van der Waals surface area contributed by atoms with Crippen molar-refractivity contribution in [3.8, 4) is 11.4 Å². The molecule has 0 fully saturated rings. The highest BCUT2D eigenvalue weighted by atomic mass is 16.1. The molecule has 3 aromatic rings. The number of nitrogens with one attached hydrogen (secondary N) is 1. The Balaban J connectivity index is 1.96. The van der Waals surface area contributed by atoms with Gasteiger partial charge in [-0.25, -0.2) is 9.97 Å². The van der Waals surface area contributed by atoms with Crippen molar-refractivity contribution in [1.82, 2.24) is 24.8 Å². The Morgan fingerprint density at radius 3 is 2.88 bits per heavy atom. The summed E-state index contributed by atoms with van der Waals surface area (Å²) in [6, 6.07) is 5.80. The van der Waals surface area contributed by atoms with E-state index in [1.54, 1.807) is 12.4 Å². The van der Waals surface area contributed by atoms with Crippen LogP contribution in [0.3, 0.4) is 0 Å². The number of rotatable bonds is 6. The summed E-state index contributed by atoms with van der Waals surface area (Å²) < 4.78 is 1.98. The van der Waals surface area contributed by atoms with Gasteiger partial charge in [-0.3, -0.25) is 9.78 Å². The third-order valence-electron chi connectivity index (χ3n) is 3.69. The second kappa shape index (κ2) is 7.18. The quantitative estimate of drug-likeness (QED) is 0.711. The average molecular weight is 324 g/mol. The number of nitrogens with two attached hydrogens (primary N) is 1. The lowest BCUT2D eigenvalue weighted by atomic mass is 10.2. The van der Waals surface area contributed by atoms with Crippen molar-refractivity contribution >= 4 is 17.1 Å². The van der Waals surface area contributed by atoms with Crippen molar-refractivity contribution in [2.24, 2.45) is 5.73 Å².